The van der Waals surface area contributed by atoms with Crippen molar-refractivity contribution in [1.82, 2.24) is 5.32 Å². The highest BCUT2D eigenvalue weighted by molar-refractivity contribution is 8.26. The molecule has 1 aliphatic rings. The van der Waals surface area contributed by atoms with E-state index in [-0.39, 0.29) is 23.5 Å². The Morgan fingerprint density at radius 1 is 1.06 bits per heavy atom. The third kappa shape index (κ3) is 5.54. The maximum atomic E-state index is 13.3. The average Bonchev–Trinajstić information content (AvgIpc) is 3.02. The summed E-state index contributed by atoms with van der Waals surface area (Å²) in [5, 5.41) is 2.46. The number of hydrogen-bond donors (Lipinski definition) is 1. The zero-order chi connectivity index (χ0) is 23.7. The van der Waals surface area contributed by atoms with E-state index < -0.39 is 35.6 Å². The van der Waals surface area contributed by atoms with Gasteiger partial charge in [-0.2, -0.15) is 26.3 Å². The number of methoxy groups -OCH3 is 1. The Morgan fingerprint density at radius 3 is 2.34 bits per heavy atom. The number of thiocarbonyl (C=S) groups is 1. The number of ether oxygens (including phenoxy) is 2. The van der Waals surface area contributed by atoms with E-state index in [2.05, 4.69) is 5.32 Å². The second-order valence-corrected chi connectivity index (χ2v) is 8.13. The van der Waals surface area contributed by atoms with Crippen LogP contribution in [0.3, 0.4) is 0 Å². The lowest BCUT2D eigenvalue weighted by Crippen LogP contribution is -2.17. The summed E-state index contributed by atoms with van der Waals surface area (Å²) in [6, 6.07) is 5.71. The van der Waals surface area contributed by atoms with Crippen LogP contribution in [-0.2, 0) is 23.8 Å². The van der Waals surface area contributed by atoms with Crippen LogP contribution in [0.25, 0.3) is 6.08 Å². The summed E-state index contributed by atoms with van der Waals surface area (Å²) in [5.41, 5.74) is -2.79. The fourth-order valence-electron chi connectivity index (χ4n) is 2.77. The fraction of sp³-hybridized carbons (Fsp3) is 0.200. The Morgan fingerprint density at radius 2 is 1.78 bits per heavy atom. The first-order chi connectivity index (χ1) is 14.9. The van der Waals surface area contributed by atoms with E-state index in [1.54, 1.807) is 0 Å². The highest BCUT2D eigenvalue weighted by Gasteiger charge is 2.38. The SMILES string of the molecule is COc1cc(OCc2ccc(C(F)(F)F)cc2C(F)(F)F)ccc1C=C1SC(=S)NC1=O. The van der Waals surface area contributed by atoms with Gasteiger partial charge in [0.05, 0.1) is 23.1 Å². The molecule has 0 saturated carbocycles. The molecule has 0 spiro atoms. The molecule has 1 fully saturated rings. The summed E-state index contributed by atoms with van der Waals surface area (Å²) in [6.45, 7) is -0.622. The van der Waals surface area contributed by atoms with Crippen LogP contribution in [0.2, 0.25) is 0 Å². The highest BCUT2D eigenvalue weighted by Crippen LogP contribution is 2.38. The molecular weight excluding hydrogens is 480 g/mol. The average molecular weight is 493 g/mol. The van der Waals surface area contributed by atoms with Gasteiger partial charge in [0.25, 0.3) is 5.91 Å². The third-order valence-electron chi connectivity index (χ3n) is 4.27. The number of halogens is 6. The highest BCUT2D eigenvalue weighted by atomic mass is 32.2. The zero-order valence-electron chi connectivity index (χ0n) is 16.1. The molecule has 1 N–H and O–H groups in total. The second-order valence-electron chi connectivity index (χ2n) is 6.41. The van der Waals surface area contributed by atoms with Gasteiger partial charge >= 0.3 is 12.4 Å². The molecule has 2 aromatic rings. The predicted molar refractivity (Wildman–Crippen MR) is 110 cm³/mol. The van der Waals surface area contributed by atoms with E-state index in [0.29, 0.717) is 20.9 Å². The molecule has 1 saturated heterocycles. The van der Waals surface area contributed by atoms with Crippen molar-refractivity contribution in [3.05, 3.63) is 63.6 Å². The molecule has 170 valence electrons. The molecule has 32 heavy (non-hydrogen) atoms. The van der Waals surface area contributed by atoms with Crippen molar-refractivity contribution in [2.75, 3.05) is 7.11 Å². The number of amides is 1. The van der Waals surface area contributed by atoms with Gasteiger partial charge in [-0.1, -0.05) is 30.0 Å². The zero-order valence-corrected chi connectivity index (χ0v) is 17.7. The van der Waals surface area contributed by atoms with Crippen molar-refractivity contribution in [3.8, 4) is 11.5 Å². The molecule has 0 atom stereocenters. The minimum atomic E-state index is -4.99. The summed E-state index contributed by atoms with van der Waals surface area (Å²) in [7, 11) is 1.35. The van der Waals surface area contributed by atoms with E-state index in [1.807, 2.05) is 0 Å². The van der Waals surface area contributed by atoms with Crippen molar-refractivity contribution in [3.63, 3.8) is 0 Å². The Balaban J connectivity index is 1.84. The van der Waals surface area contributed by atoms with Crippen molar-refractivity contribution in [2.24, 2.45) is 0 Å². The molecule has 2 aromatic carbocycles. The van der Waals surface area contributed by atoms with Crippen LogP contribution < -0.4 is 14.8 Å². The monoisotopic (exact) mass is 493 g/mol. The molecule has 1 amide bonds. The van der Waals surface area contributed by atoms with Crippen molar-refractivity contribution < 1.29 is 40.6 Å². The first-order valence-electron chi connectivity index (χ1n) is 8.71. The Hall–Kier alpha value is -2.73. The number of nitrogens with one attached hydrogen (secondary N) is 1. The Kier molecular flexibility index (Phi) is 6.75. The van der Waals surface area contributed by atoms with E-state index in [1.165, 1.54) is 31.4 Å². The number of carbonyl (C=O) groups is 1. The van der Waals surface area contributed by atoms with E-state index >= 15 is 0 Å². The van der Waals surface area contributed by atoms with Crippen LogP contribution in [0, 0.1) is 0 Å². The number of hydrogen-bond acceptors (Lipinski definition) is 5. The molecule has 3 rings (SSSR count). The molecule has 0 aliphatic carbocycles. The quantitative estimate of drug-likeness (QED) is 0.324. The largest absolute Gasteiger partial charge is 0.496 e. The molecule has 1 heterocycles. The molecule has 1 aliphatic heterocycles. The van der Waals surface area contributed by atoms with Gasteiger partial charge in [0.1, 0.15) is 22.4 Å². The first-order valence-corrected chi connectivity index (χ1v) is 9.94. The van der Waals surface area contributed by atoms with Gasteiger partial charge in [0.2, 0.25) is 0 Å². The van der Waals surface area contributed by atoms with Crippen LogP contribution in [0.15, 0.2) is 41.3 Å². The molecule has 0 aromatic heterocycles. The molecule has 4 nitrogen and oxygen atoms in total. The van der Waals surface area contributed by atoms with E-state index in [0.717, 1.165) is 17.8 Å². The number of benzene rings is 2. The van der Waals surface area contributed by atoms with Gasteiger partial charge in [0.15, 0.2) is 0 Å². The van der Waals surface area contributed by atoms with Gasteiger partial charge in [-0.25, -0.2) is 0 Å². The summed E-state index contributed by atoms with van der Waals surface area (Å²) in [5.74, 6) is 0.0186. The van der Waals surface area contributed by atoms with Gasteiger partial charge in [-0.3, -0.25) is 4.79 Å². The summed E-state index contributed by atoms with van der Waals surface area (Å²) in [4.78, 5) is 12.1. The number of thioether (sulfide) groups is 1. The smallest absolute Gasteiger partial charge is 0.416 e. The minimum absolute atomic E-state index is 0.0588. The second kappa shape index (κ2) is 9.02. The van der Waals surface area contributed by atoms with E-state index in [9.17, 15) is 31.1 Å². The standard InChI is InChI=1S/C20H13F6NO3S2/c1-29-15-8-13(5-3-10(15)6-16-17(28)27-18(31)32-16)30-9-11-2-4-12(19(21,22)23)7-14(11)20(24,25)26/h2-8H,9H2,1H3,(H,27,28,31). The lowest BCUT2D eigenvalue weighted by molar-refractivity contribution is -0.143. The van der Waals surface area contributed by atoms with Crippen LogP contribution in [0.1, 0.15) is 22.3 Å². The molecule has 0 unspecified atom stereocenters. The molecule has 12 heteroatoms. The maximum absolute atomic E-state index is 13.3. The van der Waals surface area contributed by atoms with Crippen LogP contribution >= 0.6 is 24.0 Å². The van der Waals surface area contributed by atoms with Crippen molar-refractivity contribution >= 4 is 40.3 Å². The first kappa shape index (κ1) is 23.9. The topological polar surface area (TPSA) is 47.6 Å². The van der Waals surface area contributed by atoms with Crippen LogP contribution in [0.4, 0.5) is 26.3 Å². The van der Waals surface area contributed by atoms with Gasteiger partial charge < -0.3 is 14.8 Å². The van der Waals surface area contributed by atoms with Gasteiger partial charge in [-0.05, 0) is 30.3 Å². The summed E-state index contributed by atoms with van der Waals surface area (Å²) >= 11 is 5.98. The molecular formula is C20H13F6NO3S2. The lowest BCUT2D eigenvalue weighted by atomic mass is 10.0. The minimum Gasteiger partial charge on any atom is -0.496 e. The maximum Gasteiger partial charge on any atom is 0.416 e. The molecule has 0 bridgehead atoms. The summed E-state index contributed by atoms with van der Waals surface area (Å²) < 4.78 is 89.1. The number of carbonyl (C=O) groups excluding carboxylic acids is 1. The van der Waals surface area contributed by atoms with Crippen LogP contribution in [0.5, 0.6) is 11.5 Å². The summed E-state index contributed by atoms with van der Waals surface area (Å²) in [6.07, 6.45) is -8.37. The van der Waals surface area contributed by atoms with Crippen molar-refractivity contribution in [1.29, 1.82) is 0 Å². The van der Waals surface area contributed by atoms with Gasteiger partial charge in [-0.15, -0.1) is 0 Å². The Bertz CT molecular complexity index is 1100. The fourth-order valence-corrected chi connectivity index (χ4v) is 3.80. The molecule has 0 radical (unpaired) electrons. The van der Waals surface area contributed by atoms with Crippen molar-refractivity contribution in [2.45, 2.75) is 19.0 Å². The Labute approximate surface area is 187 Å². The normalized spacial score (nSPS) is 15.8. The predicted octanol–water partition coefficient (Wildman–Crippen LogP) is 5.80. The lowest BCUT2D eigenvalue weighted by Gasteiger charge is -2.17. The van der Waals surface area contributed by atoms with E-state index in [4.69, 9.17) is 21.7 Å². The number of rotatable bonds is 5. The number of alkyl halides is 6. The third-order valence-corrected chi connectivity index (χ3v) is 5.43. The van der Waals surface area contributed by atoms with Crippen LogP contribution in [-0.4, -0.2) is 17.3 Å². The van der Waals surface area contributed by atoms with Gasteiger partial charge in [0, 0.05) is 17.2 Å².